The van der Waals surface area contributed by atoms with Gasteiger partial charge in [0.05, 0.1) is 17.8 Å². The molecule has 9 aromatic rings. The van der Waals surface area contributed by atoms with E-state index in [4.69, 9.17) is 18.1 Å². The first-order valence-corrected chi connectivity index (χ1v) is 13.7. The predicted octanol–water partition coefficient (Wildman–Crippen LogP) is 12.0. The topological polar surface area (TPSA) is 13.1 Å². The third-order valence-corrected chi connectivity index (χ3v) is 7.87. The van der Waals surface area contributed by atoms with Crippen molar-refractivity contribution in [2.75, 3.05) is 0 Å². The fraction of sp³-hybridized carbons (Fsp3) is 0. The number of furan rings is 1. The van der Waals surface area contributed by atoms with Gasteiger partial charge in [-0.05, 0) is 72.7 Å². The van der Waals surface area contributed by atoms with Gasteiger partial charge in [0.15, 0.2) is 0 Å². The highest BCUT2D eigenvalue weighted by Crippen LogP contribution is 2.47. The van der Waals surface area contributed by atoms with Crippen LogP contribution in [-0.4, -0.2) is 0 Å². The Morgan fingerprint density at radius 3 is 1.77 bits per heavy atom. The summed E-state index contributed by atoms with van der Waals surface area (Å²) in [5.74, 6) is 0. The van der Waals surface area contributed by atoms with Crippen LogP contribution in [0.4, 0.5) is 0 Å². The highest BCUT2D eigenvalue weighted by molar-refractivity contribution is 6.24. The monoisotopic (exact) mass is 559 g/mol. The van der Waals surface area contributed by atoms with Crippen LogP contribution in [-0.2, 0) is 0 Å². The zero-order valence-electron chi connectivity index (χ0n) is 35.4. The molecule has 0 unspecified atom stereocenters. The molecular formula is C42H26O. The molecule has 0 fully saturated rings. The van der Waals surface area contributed by atoms with Crippen LogP contribution in [0.25, 0.3) is 87.6 Å². The van der Waals surface area contributed by atoms with Gasteiger partial charge >= 0.3 is 0 Å². The van der Waals surface area contributed by atoms with Crippen LogP contribution in [0, 0.1) is 0 Å². The third kappa shape index (κ3) is 3.65. The van der Waals surface area contributed by atoms with Crippen LogP contribution >= 0.6 is 0 Å². The second kappa shape index (κ2) is 9.44. The standard InChI is InChI=1S/C42H26O/c1-2-13-27(14-3-1)38-26-29(25-28-15-4-5-16-30(28)38)40-32-18-6-8-20-34(32)41(35-21-9-7-19-33(35)40)37-23-12-22-36-31-17-10-11-24-39(31)43-42(36)37/h1-26H/i4D,5D,10D,11D,12D,15D,16D,17D,22D,23D,24D,25D,26D. The van der Waals surface area contributed by atoms with Gasteiger partial charge in [-0.15, -0.1) is 0 Å². The Balaban J connectivity index is 1.51. The van der Waals surface area contributed by atoms with Crippen molar-refractivity contribution in [2.24, 2.45) is 0 Å². The minimum absolute atomic E-state index is 0.0294. The van der Waals surface area contributed by atoms with E-state index in [1.165, 1.54) is 0 Å². The first-order valence-electron chi connectivity index (χ1n) is 20.2. The lowest BCUT2D eigenvalue weighted by molar-refractivity contribution is 0.670. The largest absolute Gasteiger partial charge is 0.455 e. The maximum absolute atomic E-state index is 9.80. The Morgan fingerprint density at radius 1 is 0.419 bits per heavy atom. The van der Waals surface area contributed by atoms with Crippen molar-refractivity contribution in [1.29, 1.82) is 0 Å². The molecule has 43 heavy (non-hydrogen) atoms. The van der Waals surface area contributed by atoms with Crippen LogP contribution < -0.4 is 0 Å². The SMILES string of the molecule is [2H]c1c([2H])c([2H])c2c(oc3c(-c4c5ccccc5c(-c5c([2H])c(-c6ccccc6)c6c([2H])c([2H])c([2H])c([2H])c6c5[2H])c5ccccc45)c([2H])c([2H])c([2H])c32)c1[2H]. The predicted molar refractivity (Wildman–Crippen MR) is 183 cm³/mol. The number of hydrogen-bond acceptors (Lipinski definition) is 1. The molecule has 0 amide bonds. The first kappa shape index (κ1) is 14.5. The highest BCUT2D eigenvalue weighted by Gasteiger charge is 2.20. The summed E-state index contributed by atoms with van der Waals surface area (Å²) in [6.07, 6.45) is 0. The second-order valence-corrected chi connectivity index (χ2v) is 10.2. The van der Waals surface area contributed by atoms with Gasteiger partial charge in [-0.3, -0.25) is 0 Å². The smallest absolute Gasteiger partial charge is 0.143 e. The number of benzene rings is 8. The van der Waals surface area contributed by atoms with E-state index in [1.807, 2.05) is 0 Å². The Morgan fingerprint density at radius 2 is 1.02 bits per heavy atom. The molecule has 0 atom stereocenters. The molecule has 1 heterocycles. The van der Waals surface area contributed by atoms with Gasteiger partial charge < -0.3 is 4.42 Å². The number of fused-ring (bicyclic) bond motifs is 6. The summed E-state index contributed by atoms with van der Waals surface area (Å²) in [6.45, 7) is 0. The van der Waals surface area contributed by atoms with Crippen molar-refractivity contribution >= 4 is 54.3 Å². The molecule has 1 aromatic heterocycles. The van der Waals surface area contributed by atoms with E-state index in [9.17, 15) is 4.11 Å². The summed E-state index contributed by atoms with van der Waals surface area (Å²) in [5, 5.41) is 1.95. The molecule has 0 bridgehead atoms. The van der Waals surface area contributed by atoms with Gasteiger partial charge in [0.2, 0.25) is 0 Å². The molecule has 200 valence electrons. The lowest BCUT2D eigenvalue weighted by Crippen LogP contribution is -1.92. The second-order valence-electron chi connectivity index (χ2n) is 10.2. The summed E-state index contributed by atoms with van der Waals surface area (Å²) in [6, 6.07) is 17.7. The molecule has 8 aromatic carbocycles. The molecule has 0 aliphatic carbocycles. The lowest BCUT2D eigenvalue weighted by Gasteiger charge is -2.19. The molecule has 9 rings (SSSR count). The van der Waals surface area contributed by atoms with Crippen molar-refractivity contribution in [1.82, 2.24) is 0 Å². The summed E-state index contributed by atoms with van der Waals surface area (Å²) in [4.78, 5) is 0. The van der Waals surface area contributed by atoms with Crippen molar-refractivity contribution in [3.8, 4) is 33.4 Å². The maximum Gasteiger partial charge on any atom is 0.143 e. The quantitative estimate of drug-likeness (QED) is 0.196. The Kier molecular flexibility index (Phi) is 3.18. The van der Waals surface area contributed by atoms with E-state index >= 15 is 0 Å². The molecule has 1 nitrogen and oxygen atoms in total. The minimum Gasteiger partial charge on any atom is -0.455 e. The number of hydrogen-bond donors (Lipinski definition) is 0. The zero-order valence-corrected chi connectivity index (χ0v) is 22.4. The van der Waals surface area contributed by atoms with Crippen LogP contribution in [0.5, 0.6) is 0 Å². The van der Waals surface area contributed by atoms with Crippen LogP contribution in [0.15, 0.2) is 162 Å². The van der Waals surface area contributed by atoms with Crippen molar-refractivity contribution in [3.63, 3.8) is 0 Å². The lowest BCUT2D eigenvalue weighted by atomic mass is 9.84. The van der Waals surface area contributed by atoms with Crippen molar-refractivity contribution in [2.45, 2.75) is 0 Å². The number of rotatable bonds is 3. The van der Waals surface area contributed by atoms with Gasteiger partial charge in [-0.1, -0.05) is 139 Å². The summed E-state index contributed by atoms with van der Waals surface area (Å²) >= 11 is 0. The summed E-state index contributed by atoms with van der Waals surface area (Å²) < 4.78 is 122. The molecule has 0 radical (unpaired) electrons. The Labute approximate surface area is 267 Å². The van der Waals surface area contributed by atoms with Crippen molar-refractivity contribution < 1.29 is 22.2 Å². The van der Waals surface area contributed by atoms with E-state index in [-0.39, 0.29) is 73.6 Å². The Hall–Kier alpha value is -5.66. The fourth-order valence-electron chi connectivity index (χ4n) is 6.06. The van der Waals surface area contributed by atoms with Crippen LogP contribution in [0.1, 0.15) is 17.8 Å². The number of para-hydroxylation sites is 2. The van der Waals surface area contributed by atoms with Gasteiger partial charge in [0.25, 0.3) is 0 Å². The van der Waals surface area contributed by atoms with E-state index in [0.29, 0.717) is 38.2 Å². The molecule has 1 heteroatoms. The summed E-state index contributed by atoms with van der Waals surface area (Å²) in [7, 11) is 0. The van der Waals surface area contributed by atoms with E-state index in [1.54, 1.807) is 78.9 Å². The molecule has 0 spiro atoms. The average molecular weight is 560 g/mol. The maximum atomic E-state index is 9.80. The minimum atomic E-state index is -0.528. The Bertz CT molecular complexity index is 3170. The fourth-order valence-corrected chi connectivity index (χ4v) is 6.06. The van der Waals surface area contributed by atoms with E-state index in [2.05, 4.69) is 0 Å². The first-order chi connectivity index (χ1) is 26.8. The van der Waals surface area contributed by atoms with Crippen LogP contribution in [0.3, 0.4) is 0 Å². The molecular weight excluding hydrogens is 520 g/mol. The van der Waals surface area contributed by atoms with Gasteiger partial charge in [0.1, 0.15) is 11.2 Å². The van der Waals surface area contributed by atoms with E-state index in [0.717, 1.165) is 0 Å². The normalized spacial score (nSPS) is 16.0. The summed E-state index contributed by atoms with van der Waals surface area (Å²) in [5.41, 5.74) is 1.53. The van der Waals surface area contributed by atoms with Gasteiger partial charge in [0, 0.05) is 21.9 Å². The highest BCUT2D eigenvalue weighted by atomic mass is 16.3. The molecule has 0 N–H and O–H groups in total. The van der Waals surface area contributed by atoms with Gasteiger partial charge in [-0.25, -0.2) is 0 Å². The molecule has 0 aliphatic heterocycles. The molecule has 0 saturated heterocycles. The molecule has 0 aliphatic rings. The van der Waals surface area contributed by atoms with E-state index < -0.39 is 54.4 Å². The average Bonchev–Trinajstić information content (AvgIpc) is 3.61. The van der Waals surface area contributed by atoms with Crippen LogP contribution in [0.2, 0.25) is 0 Å². The molecule has 0 saturated carbocycles. The van der Waals surface area contributed by atoms with Gasteiger partial charge in [-0.2, -0.15) is 0 Å². The third-order valence-electron chi connectivity index (χ3n) is 7.87. The van der Waals surface area contributed by atoms with Crippen molar-refractivity contribution in [3.05, 3.63) is 157 Å². The zero-order chi connectivity index (χ0) is 39.6.